The van der Waals surface area contributed by atoms with Crippen molar-refractivity contribution in [2.75, 3.05) is 0 Å². The highest BCUT2D eigenvalue weighted by Gasteiger charge is 2.38. The molecule has 2 heterocycles. The molecule has 2 aromatic heterocycles. The van der Waals surface area contributed by atoms with Crippen LogP contribution < -0.4 is 0 Å². The Balaban J connectivity index is 1.15. The molecule has 8 aromatic rings. The summed E-state index contributed by atoms with van der Waals surface area (Å²) in [5.41, 5.74) is 14.9. The predicted octanol–water partition coefficient (Wildman–Crippen LogP) is 11.7. The van der Waals surface area contributed by atoms with Crippen LogP contribution in [0.25, 0.3) is 78.4 Å². The molecule has 0 saturated carbocycles. The Morgan fingerprint density at radius 1 is 0.385 bits per heavy atom. The topological polar surface area (TPSA) is 51.6 Å². The van der Waals surface area contributed by atoms with E-state index in [2.05, 4.69) is 161 Å². The molecule has 0 radical (unpaired) electrons. The summed E-state index contributed by atoms with van der Waals surface area (Å²) in [5.74, 6) is 1.97. The SMILES string of the molecule is CC1(C)c2ccccc2-c2cc(-c3nc(-c4ccc(-c5cc6ccccc6cn5)cc4)nc(-c4cccc5c4-c4ccccc4C5(C)C)n3)ccc21. The van der Waals surface area contributed by atoms with Crippen molar-refractivity contribution in [1.29, 1.82) is 0 Å². The van der Waals surface area contributed by atoms with Crippen molar-refractivity contribution in [2.45, 2.75) is 38.5 Å². The molecule has 52 heavy (non-hydrogen) atoms. The third kappa shape index (κ3) is 4.53. The zero-order valence-corrected chi connectivity index (χ0v) is 29.6. The van der Waals surface area contributed by atoms with E-state index in [0.717, 1.165) is 33.3 Å². The first kappa shape index (κ1) is 30.6. The third-order valence-electron chi connectivity index (χ3n) is 11.4. The molecule has 0 aliphatic heterocycles. The summed E-state index contributed by atoms with van der Waals surface area (Å²) in [6.07, 6.45) is 1.94. The molecular formula is C48H36N4. The van der Waals surface area contributed by atoms with Crippen LogP contribution in [0.1, 0.15) is 49.9 Å². The fraction of sp³-hybridized carbons (Fsp3) is 0.125. The van der Waals surface area contributed by atoms with Gasteiger partial charge in [0.15, 0.2) is 17.5 Å². The second kappa shape index (κ2) is 11.1. The van der Waals surface area contributed by atoms with Gasteiger partial charge in [-0.1, -0.05) is 155 Å². The summed E-state index contributed by atoms with van der Waals surface area (Å²) < 4.78 is 0. The van der Waals surface area contributed by atoms with E-state index in [1.165, 1.54) is 49.9 Å². The van der Waals surface area contributed by atoms with E-state index < -0.39 is 0 Å². The van der Waals surface area contributed by atoms with E-state index in [4.69, 9.17) is 19.9 Å². The lowest BCUT2D eigenvalue weighted by Crippen LogP contribution is -2.14. The second-order valence-electron chi connectivity index (χ2n) is 15.1. The Hall–Kier alpha value is -6.26. The van der Waals surface area contributed by atoms with Crippen LogP contribution in [0.15, 0.2) is 146 Å². The number of hydrogen-bond acceptors (Lipinski definition) is 4. The van der Waals surface area contributed by atoms with Crippen LogP contribution in [-0.4, -0.2) is 19.9 Å². The summed E-state index contributed by atoms with van der Waals surface area (Å²) in [5, 5.41) is 2.30. The maximum absolute atomic E-state index is 5.28. The van der Waals surface area contributed by atoms with Crippen molar-refractivity contribution in [2.24, 2.45) is 0 Å². The third-order valence-corrected chi connectivity index (χ3v) is 11.4. The number of aromatic nitrogens is 4. The zero-order chi connectivity index (χ0) is 35.2. The van der Waals surface area contributed by atoms with Crippen molar-refractivity contribution < 1.29 is 0 Å². The van der Waals surface area contributed by atoms with Gasteiger partial charge in [0.05, 0.1) is 5.69 Å². The van der Waals surface area contributed by atoms with Gasteiger partial charge in [0.2, 0.25) is 0 Å². The van der Waals surface area contributed by atoms with Crippen LogP contribution in [-0.2, 0) is 10.8 Å². The van der Waals surface area contributed by atoms with Gasteiger partial charge in [-0.25, -0.2) is 15.0 Å². The summed E-state index contributed by atoms with van der Waals surface area (Å²) >= 11 is 0. The molecule has 0 N–H and O–H groups in total. The van der Waals surface area contributed by atoms with E-state index in [9.17, 15) is 0 Å². The largest absolute Gasteiger partial charge is 0.256 e. The Labute approximate surface area is 304 Å². The number of pyridine rings is 1. The van der Waals surface area contributed by atoms with Gasteiger partial charge in [-0.15, -0.1) is 0 Å². The molecule has 0 spiro atoms. The average Bonchev–Trinajstić information content (AvgIpc) is 3.57. The molecule has 2 aliphatic carbocycles. The normalized spacial score (nSPS) is 14.5. The first-order chi connectivity index (χ1) is 25.3. The van der Waals surface area contributed by atoms with Crippen molar-refractivity contribution in [3.8, 4) is 67.7 Å². The monoisotopic (exact) mass is 668 g/mol. The highest BCUT2D eigenvalue weighted by molar-refractivity contribution is 5.92. The number of rotatable bonds is 4. The lowest BCUT2D eigenvalue weighted by molar-refractivity contribution is 0.660. The summed E-state index contributed by atoms with van der Waals surface area (Å²) in [6, 6.07) is 49.7. The van der Waals surface area contributed by atoms with Crippen LogP contribution in [0.2, 0.25) is 0 Å². The number of hydrogen-bond donors (Lipinski definition) is 0. The van der Waals surface area contributed by atoms with E-state index in [-0.39, 0.29) is 10.8 Å². The fourth-order valence-corrected chi connectivity index (χ4v) is 8.59. The molecule has 0 atom stereocenters. The minimum absolute atomic E-state index is 0.0771. The van der Waals surface area contributed by atoms with Gasteiger partial charge in [0, 0.05) is 44.7 Å². The summed E-state index contributed by atoms with van der Waals surface area (Å²) in [7, 11) is 0. The van der Waals surface area contributed by atoms with Crippen molar-refractivity contribution in [1.82, 2.24) is 19.9 Å². The first-order valence-electron chi connectivity index (χ1n) is 18.0. The van der Waals surface area contributed by atoms with E-state index >= 15 is 0 Å². The molecule has 6 aromatic carbocycles. The summed E-state index contributed by atoms with van der Waals surface area (Å²) in [4.78, 5) is 20.5. The number of nitrogens with zero attached hydrogens (tertiary/aromatic N) is 4. The minimum atomic E-state index is -0.132. The highest BCUT2D eigenvalue weighted by Crippen LogP contribution is 2.52. The van der Waals surface area contributed by atoms with Crippen molar-refractivity contribution in [3.63, 3.8) is 0 Å². The molecule has 0 fully saturated rings. The molecule has 0 saturated heterocycles. The fourth-order valence-electron chi connectivity index (χ4n) is 8.59. The second-order valence-corrected chi connectivity index (χ2v) is 15.1. The first-order valence-corrected chi connectivity index (χ1v) is 18.0. The molecule has 4 nitrogen and oxygen atoms in total. The smallest absolute Gasteiger partial charge is 0.164 e. The van der Waals surface area contributed by atoms with Gasteiger partial charge in [0.25, 0.3) is 0 Å². The van der Waals surface area contributed by atoms with E-state index in [0.29, 0.717) is 17.5 Å². The molecule has 248 valence electrons. The lowest BCUT2D eigenvalue weighted by atomic mass is 9.82. The van der Waals surface area contributed by atoms with Gasteiger partial charge in [0.1, 0.15) is 0 Å². The standard InChI is InChI=1S/C48H36N4/c1-47(2)38-17-9-7-14-34(38)37-26-32(24-25-40(37)47)45-50-44(30-22-20-29(21-23-30)42-27-31-12-5-6-13-33(31)28-49-42)51-46(52-45)36-16-11-19-41-43(36)35-15-8-10-18-39(35)48(41,3)4/h5-28H,1-4H3. The van der Waals surface area contributed by atoms with Crippen LogP contribution in [0.3, 0.4) is 0 Å². The number of fused-ring (bicyclic) bond motifs is 7. The molecular weight excluding hydrogens is 633 g/mol. The van der Waals surface area contributed by atoms with Crippen LogP contribution >= 0.6 is 0 Å². The molecule has 0 amide bonds. The zero-order valence-electron chi connectivity index (χ0n) is 29.6. The van der Waals surface area contributed by atoms with Gasteiger partial charge in [-0.05, 0) is 62.0 Å². The van der Waals surface area contributed by atoms with Gasteiger partial charge < -0.3 is 0 Å². The Kier molecular flexibility index (Phi) is 6.53. The summed E-state index contributed by atoms with van der Waals surface area (Å²) in [6.45, 7) is 9.23. The lowest BCUT2D eigenvalue weighted by Gasteiger charge is -2.21. The van der Waals surface area contributed by atoms with Gasteiger partial charge in [-0.3, -0.25) is 4.98 Å². The predicted molar refractivity (Wildman–Crippen MR) is 212 cm³/mol. The minimum Gasteiger partial charge on any atom is -0.256 e. The van der Waals surface area contributed by atoms with Crippen LogP contribution in [0, 0.1) is 0 Å². The molecule has 0 bridgehead atoms. The van der Waals surface area contributed by atoms with Gasteiger partial charge >= 0.3 is 0 Å². The van der Waals surface area contributed by atoms with E-state index in [1.807, 2.05) is 12.3 Å². The maximum atomic E-state index is 5.28. The van der Waals surface area contributed by atoms with Crippen LogP contribution in [0.5, 0.6) is 0 Å². The molecule has 2 aliphatic rings. The molecule has 10 rings (SSSR count). The maximum Gasteiger partial charge on any atom is 0.164 e. The average molecular weight is 669 g/mol. The van der Waals surface area contributed by atoms with Crippen molar-refractivity contribution >= 4 is 10.8 Å². The molecule has 4 heteroatoms. The molecule has 0 unspecified atom stereocenters. The van der Waals surface area contributed by atoms with E-state index in [1.54, 1.807) is 0 Å². The van der Waals surface area contributed by atoms with Crippen LogP contribution in [0.4, 0.5) is 0 Å². The van der Waals surface area contributed by atoms with Crippen molar-refractivity contribution in [3.05, 3.63) is 168 Å². The highest BCUT2D eigenvalue weighted by atomic mass is 15.0. The quantitative estimate of drug-likeness (QED) is 0.187. The Bertz CT molecular complexity index is 2740. The Morgan fingerprint density at radius 2 is 0.923 bits per heavy atom. The number of benzene rings is 6. The Morgan fingerprint density at radius 3 is 1.71 bits per heavy atom. The van der Waals surface area contributed by atoms with Gasteiger partial charge in [-0.2, -0.15) is 0 Å².